The third kappa shape index (κ3) is 2.51. The largest absolute Gasteiger partial charge is 0.289 e. The van der Waals surface area contributed by atoms with Gasteiger partial charge < -0.3 is 0 Å². The van der Waals surface area contributed by atoms with Gasteiger partial charge in [-0.1, -0.05) is 6.07 Å². The third-order valence-corrected chi connectivity index (χ3v) is 4.67. The fraction of sp³-hybridized carbons (Fsp3) is 0.316. The maximum absolute atomic E-state index is 13.5. The van der Waals surface area contributed by atoms with Crippen molar-refractivity contribution >= 4 is 5.78 Å². The van der Waals surface area contributed by atoms with E-state index in [9.17, 15) is 9.18 Å². The molecule has 0 aliphatic carbocycles. The zero-order valence-corrected chi connectivity index (χ0v) is 13.5. The molecule has 0 aliphatic rings. The van der Waals surface area contributed by atoms with E-state index in [1.54, 1.807) is 6.07 Å². The van der Waals surface area contributed by atoms with Gasteiger partial charge in [-0.15, -0.1) is 0 Å². The molecule has 0 amide bonds. The molecule has 0 atom stereocenters. The minimum absolute atomic E-state index is 0.0896. The van der Waals surface area contributed by atoms with Crippen LogP contribution in [0, 0.1) is 47.4 Å². The fourth-order valence-electron chi connectivity index (χ4n) is 2.81. The Labute approximate surface area is 125 Å². The summed E-state index contributed by atoms with van der Waals surface area (Å²) in [6, 6.07) is 4.37. The highest BCUT2D eigenvalue weighted by Gasteiger charge is 2.21. The molecule has 0 aromatic heterocycles. The number of hydrogen-bond acceptors (Lipinski definition) is 1. The van der Waals surface area contributed by atoms with Crippen LogP contribution in [-0.2, 0) is 0 Å². The van der Waals surface area contributed by atoms with Gasteiger partial charge in [0.05, 0.1) is 0 Å². The van der Waals surface area contributed by atoms with Gasteiger partial charge in [-0.05, 0) is 87.1 Å². The first-order valence-corrected chi connectivity index (χ1v) is 7.13. The highest BCUT2D eigenvalue weighted by Crippen LogP contribution is 2.28. The lowest BCUT2D eigenvalue weighted by atomic mass is 9.85. The van der Waals surface area contributed by atoms with E-state index in [1.807, 2.05) is 34.6 Å². The number of benzene rings is 2. The van der Waals surface area contributed by atoms with Gasteiger partial charge in [-0.3, -0.25) is 4.79 Å². The number of carbonyl (C=O) groups is 1. The second-order valence-corrected chi connectivity index (χ2v) is 5.79. The van der Waals surface area contributed by atoms with Gasteiger partial charge in [0.15, 0.2) is 5.78 Å². The van der Waals surface area contributed by atoms with E-state index < -0.39 is 0 Å². The van der Waals surface area contributed by atoms with Gasteiger partial charge in [0.2, 0.25) is 0 Å². The van der Waals surface area contributed by atoms with Crippen LogP contribution in [-0.4, -0.2) is 5.78 Å². The first kappa shape index (κ1) is 15.4. The molecule has 0 heterocycles. The second-order valence-electron chi connectivity index (χ2n) is 5.79. The number of rotatable bonds is 2. The van der Waals surface area contributed by atoms with Crippen molar-refractivity contribution in [2.45, 2.75) is 41.5 Å². The molecular weight excluding hydrogens is 263 g/mol. The van der Waals surface area contributed by atoms with Crippen LogP contribution < -0.4 is 0 Å². The Bertz CT molecular complexity index is 713. The molecule has 0 saturated carbocycles. The Morgan fingerprint density at radius 2 is 1.29 bits per heavy atom. The van der Waals surface area contributed by atoms with Gasteiger partial charge in [0.25, 0.3) is 0 Å². The Balaban J connectivity index is 2.73. The number of hydrogen-bond donors (Lipinski definition) is 0. The average Bonchev–Trinajstić information content (AvgIpc) is 2.45. The van der Waals surface area contributed by atoms with Gasteiger partial charge >= 0.3 is 0 Å². The lowest BCUT2D eigenvalue weighted by molar-refractivity contribution is 0.103. The zero-order chi connectivity index (χ0) is 15.9. The van der Waals surface area contributed by atoms with Crippen molar-refractivity contribution in [3.05, 3.63) is 68.5 Å². The lowest BCUT2D eigenvalue weighted by Gasteiger charge is -2.18. The number of ketones is 1. The van der Waals surface area contributed by atoms with Gasteiger partial charge in [-0.2, -0.15) is 0 Å². The number of aryl methyl sites for hydroxylation is 1. The second kappa shape index (κ2) is 5.44. The standard InChI is InChI=1S/C19H21FO/c1-10-7-8-16(20)9-17(10)19(21)18-14(5)12(3)11(2)13(4)15(18)6/h7-9H,1-6H3. The number of carbonyl (C=O) groups excluding carboxylic acids is 1. The molecule has 2 rings (SSSR count). The van der Waals surface area contributed by atoms with Crippen molar-refractivity contribution in [3.63, 3.8) is 0 Å². The van der Waals surface area contributed by atoms with Gasteiger partial charge in [0, 0.05) is 11.1 Å². The third-order valence-electron chi connectivity index (χ3n) is 4.67. The normalized spacial score (nSPS) is 10.8. The average molecular weight is 284 g/mol. The zero-order valence-electron chi connectivity index (χ0n) is 13.5. The highest BCUT2D eigenvalue weighted by atomic mass is 19.1. The van der Waals surface area contributed by atoms with Crippen molar-refractivity contribution < 1.29 is 9.18 Å². The predicted molar refractivity (Wildman–Crippen MR) is 84.7 cm³/mol. The van der Waals surface area contributed by atoms with E-state index in [2.05, 4.69) is 6.92 Å². The summed E-state index contributed by atoms with van der Waals surface area (Å²) in [5.41, 5.74) is 7.43. The molecule has 0 unspecified atom stereocenters. The minimum Gasteiger partial charge on any atom is -0.289 e. The smallest absolute Gasteiger partial charge is 0.193 e. The van der Waals surface area contributed by atoms with Crippen LogP contribution in [0.4, 0.5) is 4.39 Å². The van der Waals surface area contributed by atoms with Crippen molar-refractivity contribution in [1.82, 2.24) is 0 Å². The maximum Gasteiger partial charge on any atom is 0.193 e. The van der Waals surface area contributed by atoms with Gasteiger partial charge in [0.1, 0.15) is 5.82 Å². The van der Waals surface area contributed by atoms with Crippen LogP contribution in [0.25, 0.3) is 0 Å². The molecule has 110 valence electrons. The van der Waals surface area contributed by atoms with Crippen molar-refractivity contribution in [3.8, 4) is 0 Å². The van der Waals surface area contributed by atoms with Crippen molar-refractivity contribution in [2.24, 2.45) is 0 Å². The van der Waals surface area contributed by atoms with E-state index in [0.29, 0.717) is 11.1 Å². The van der Waals surface area contributed by atoms with E-state index in [-0.39, 0.29) is 11.6 Å². The van der Waals surface area contributed by atoms with Crippen LogP contribution in [0.5, 0.6) is 0 Å². The van der Waals surface area contributed by atoms with E-state index in [1.165, 1.54) is 17.7 Å². The summed E-state index contributed by atoms with van der Waals surface area (Å²) in [6.07, 6.45) is 0. The predicted octanol–water partition coefficient (Wildman–Crippen LogP) is 4.91. The Morgan fingerprint density at radius 3 is 1.81 bits per heavy atom. The fourth-order valence-corrected chi connectivity index (χ4v) is 2.81. The summed E-state index contributed by atoms with van der Waals surface area (Å²) in [5.74, 6) is -0.465. The molecule has 2 aromatic carbocycles. The first-order chi connectivity index (χ1) is 9.75. The Morgan fingerprint density at radius 1 is 0.810 bits per heavy atom. The molecular formula is C19H21FO. The van der Waals surface area contributed by atoms with Gasteiger partial charge in [-0.25, -0.2) is 4.39 Å². The van der Waals surface area contributed by atoms with Crippen LogP contribution >= 0.6 is 0 Å². The summed E-state index contributed by atoms with van der Waals surface area (Å²) in [5, 5.41) is 0. The maximum atomic E-state index is 13.5. The molecule has 1 nitrogen and oxygen atoms in total. The minimum atomic E-state index is -0.375. The van der Waals surface area contributed by atoms with Crippen molar-refractivity contribution in [1.29, 1.82) is 0 Å². The molecule has 0 radical (unpaired) electrons. The molecule has 2 aromatic rings. The molecule has 0 saturated heterocycles. The quantitative estimate of drug-likeness (QED) is 0.716. The Kier molecular flexibility index (Phi) is 3.99. The van der Waals surface area contributed by atoms with Crippen LogP contribution in [0.15, 0.2) is 18.2 Å². The highest BCUT2D eigenvalue weighted by molar-refractivity contribution is 6.12. The van der Waals surface area contributed by atoms with Crippen molar-refractivity contribution in [2.75, 3.05) is 0 Å². The van der Waals surface area contributed by atoms with E-state index in [4.69, 9.17) is 0 Å². The molecule has 0 fully saturated rings. The summed E-state index contributed by atoms with van der Waals surface area (Å²) in [6.45, 7) is 11.9. The molecule has 0 bridgehead atoms. The molecule has 2 heteroatoms. The Hall–Kier alpha value is -1.96. The molecule has 0 N–H and O–H groups in total. The summed E-state index contributed by atoms with van der Waals surface area (Å²) in [7, 11) is 0. The summed E-state index contributed by atoms with van der Waals surface area (Å²) in [4.78, 5) is 12.9. The molecule has 0 aliphatic heterocycles. The topological polar surface area (TPSA) is 17.1 Å². The summed E-state index contributed by atoms with van der Waals surface area (Å²) >= 11 is 0. The monoisotopic (exact) mass is 284 g/mol. The van der Waals surface area contributed by atoms with Crippen LogP contribution in [0.3, 0.4) is 0 Å². The van der Waals surface area contributed by atoms with Crippen LogP contribution in [0.2, 0.25) is 0 Å². The van der Waals surface area contributed by atoms with E-state index >= 15 is 0 Å². The molecule has 0 spiro atoms. The lowest BCUT2D eigenvalue weighted by Crippen LogP contribution is -2.12. The van der Waals surface area contributed by atoms with Crippen LogP contribution in [0.1, 0.15) is 49.3 Å². The van der Waals surface area contributed by atoms with E-state index in [0.717, 1.165) is 27.8 Å². The first-order valence-electron chi connectivity index (χ1n) is 7.13. The SMILES string of the molecule is Cc1ccc(F)cc1C(=O)c1c(C)c(C)c(C)c(C)c1C. The molecule has 21 heavy (non-hydrogen) atoms. The number of halogens is 1. The summed E-state index contributed by atoms with van der Waals surface area (Å²) < 4.78 is 13.5.